The molecule has 0 atom stereocenters. The second kappa shape index (κ2) is 9.51. The Balaban J connectivity index is 1.10. The van der Waals surface area contributed by atoms with E-state index in [1.165, 1.54) is 16.6 Å². The molecule has 2 fully saturated rings. The van der Waals surface area contributed by atoms with Crippen LogP contribution in [-0.2, 0) is 21.2 Å². The average Bonchev–Trinajstić information content (AvgIpc) is 3.58. The van der Waals surface area contributed by atoms with Gasteiger partial charge in [-0.15, -0.1) is 0 Å². The number of rotatable bonds is 4. The highest BCUT2D eigenvalue weighted by atomic mass is 32.2. The van der Waals surface area contributed by atoms with E-state index in [0.717, 1.165) is 34.5 Å². The van der Waals surface area contributed by atoms with Gasteiger partial charge in [0.15, 0.2) is 0 Å². The third-order valence-corrected chi connectivity index (χ3v) is 9.18. The molecule has 0 aliphatic carbocycles. The number of hydrogen-bond donors (Lipinski definition) is 1. The summed E-state index contributed by atoms with van der Waals surface area (Å²) < 4.78 is 43.9. The van der Waals surface area contributed by atoms with E-state index in [-0.39, 0.29) is 16.7 Å². The molecule has 0 bridgehead atoms. The number of morpholine rings is 1. The van der Waals surface area contributed by atoms with E-state index < -0.39 is 10.0 Å². The number of sulfonamides is 1. The fourth-order valence-corrected chi connectivity index (χ4v) is 6.62. The van der Waals surface area contributed by atoms with Crippen molar-refractivity contribution in [3.63, 3.8) is 0 Å². The first-order valence-electron chi connectivity index (χ1n) is 12.5. The van der Waals surface area contributed by atoms with Crippen LogP contribution in [0.4, 0.5) is 10.5 Å². The molecular formula is C27H29N3O6S. The molecule has 1 aromatic heterocycles. The zero-order chi connectivity index (χ0) is 25.5. The van der Waals surface area contributed by atoms with Crippen molar-refractivity contribution < 1.29 is 27.1 Å². The first-order chi connectivity index (χ1) is 17.9. The Labute approximate surface area is 216 Å². The van der Waals surface area contributed by atoms with Crippen LogP contribution < -0.4 is 10.1 Å². The number of hydrogen-bond acceptors (Lipinski definition) is 6. The van der Waals surface area contributed by atoms with Crippen molar-refractivity contribution in [2.45, 2.75) is 30.0 Å². The number of urea groups is 1. The van der Waals surface area contributed by atoms with Crippen LogP contribution in [0.5, 0.6) is 5.75 Å². The summed E-state index contributed by atoms with van der Waals surface area (Å²) in [5, 5.41) is 2.93. The molecule has 2 saturated heterocycles. The largest absolute Gasteiger partial charge is 0.487 e. The van der Waals surface area contributed by atoms with Crippen LogP contribution in [0.2, 0.25) is 0 Å². The maximum atomic E-state index is 12.8. The van der Waals surface area contributed by atoms with E-state index in [0.29, 0.717) is 52.2 Å². The lowest BCUT2D eigenvalue weighted by molar-refractivity contribution is 0.0404. The van der Waals surface area contributed by atoms with E-state index in [4.69, 9.17) is 13.9 Å². The van der Waals surface area contributed by atoms with Gasteiger partial charge in [0.2, 0.25) is 5.09 Å². The summed E-state index contributed by atoms with van der Waals surface area (Å²) in [6.45, 7) is 3.11. The van der Waals surface area contributed by atoms with Gasteiger partial charge in [0.05, 0.1) is 19.5 Å². The minimum atomic E-state index is -3.62. The molecule has 10 heteroatoms. The van der Waals surface area contributed by atoms with Crippen molar-refractivity contribution in [3.8, 4) is 16.9 Å². The molecule has 3 aliphatic rings. The van der Waals surface area contributed by atoms with Crippen molar-refractivity contribution in [1.82, 2.24) is 9.21 Å². The molecule has 3 aromatic rings. The van der Waals surface area contributed by atoms with Gasteiger partial charge >= 0.3 is 6.03 Å². The van der Waals surface area contributed by atoms with Gasteiger partial charge in [0.1, 0.15) is 11.4 Å². The number of carbonyl (C=O) groups is 1. The summed E-state index contributed by atoms with van der Waals surface area (Å²) >= 11 is 0. The molecule has 4 heterocycles. The summed E-state index contributed by atoms with van der Waals surface area (Å²) in [5.74, 6) is 0.862. The highest BCUT2D eigenvalue weighted by Crippen LogP contribution is 2.43. The number of amides is 2. The number of benzene rings is 2. The monoisotopic (exact) mass is 523 g/mol. The Morgan fingerprint density at radius 3 is 2.35 bits per heavy atom. The fraction of sp³-hybridized carbons (Fsp3) is 0.370. The topological polar surface area (TPSA) is 101 Å². The van der Waals surface area contributed by atoms with Gasteiger partial charge in [-0.25, -0.2) is 13.2 Å². The molecule has 3 aliphatic heterocycles. The molecule has 0 saturated carbocycles. The van der Waals surface area contributed by atoms with Gasteiger partial charge in [-0.05, 0) is 53.1 Å². The summed E-state index contributed by atoms with van der Waals surface area (Å²) in [7, 11) is -3.62. The summed E-state index contributed by atoms with van der Waals surface area (Å²) in [6, 6.07) is 17.0. The number of piperidine rings is 1. The van der Waals surface area contributed by atoms with Gasteiger partial charge in [-0.1, -0.05) is 18.2 Å². The van der Waals surface area contributed by atoms with Crippen LogP contribution in [0.1, 0.15) is 18.4 Å². The SMILES string of the molecule is O=C(Nc1ccc(-c2ccc3c(c2)CC2(CCN(S(=O)(=O)c4ccco4)CC2)O3)cc1)N1CCOCC1. The lowest BCUT2D eigenvalue weighted by Gasteiger charge is -2.37. The molecule has 0 radical (unpaired) electrons. The second-order valence-corrected chi connectivity index (χ2v) is 11.6. The fourth-order valence-electron chi connectivity index (χ4n) is 5.28. The quantitative estimate of drug-likeness (QED) is 0.555. The predicted molar refractivity (Wildman–Crippen MR) is 137 cm³/mol. The molecule has 0 unspecified atom stereocenters. The minimum absolute atomic E-state index is 0.0182. The maximum Gasteiger partial charge on any atom is 0.321 e. The van der Waals surface area contributed by atoms with Gasteiger partial charge in [0.25, 0.3) is 10.0 Å². The number of carbonyl (C=O) groups excluding carboxylic acids is 1. The van der Waals surface area contributed by atoms with Gasteiger partial charge < -0.3 is 24.1 Å². The summed E-state index contributed by atoms with van der Waals surface area (Å²) in [5.41, 5.74) is 3.62. The van der Waals surface area contributed by atoms with Crippen LogP contribution in [0.25, 0.3) is 11.1 Å². The van der Waals surface area contributed by atoms with E-state index >= 15 is 0 Å². The minimum Gasteiger partial charge on any atom is -0.487 e. The van der Waals surface area contributed by atoms with Crippen LogP contribution >= 0.6 is 0 Å². The standard InChI is InChI=1S/C27H29N3O6S/c31-26(29-13-16-34-17-14-29)28-23-6-3-20(4-7-23)21-5-8-24-22(18-21)19-27(36-24)9-11-30(12-10-27)37(32,33)25-2-1-15-35-25/h1-8,15,18H,9-14,16-17,19H2,(H,28,31). The van der Waals surface area contributed by atoms with Crippen molar-refractivity contribution in [3.05, 3.63) is 66.4 Å². The number of furan rings is 1. The van der Waals surface area contributed by atoms with E-state index in [1.54, 1.807) is 11.0 Å². The van der Waals surface area contributed by atoms with Crippen LogP contribution in [0, 0.1) is 0 Å². The van der Waals surface area contributed by atoms with Gasteiger partial charge in [-0.2, -0.15) is 4.31 Å². The number of nitrogens with zero attached hydrogens (tertiary/aromatic N) is 2. The molecule has 37 heavy (non-hydrogen) atoms. The first-order valence-corrected chi connectivity index (χ1v) is 14.0. The Hall–Kier alpha value is -3.34. The van der Waals surface area contributed by atoms with Crippen molar-refractivity contribution >= 4 is 21.7 Å². The average molecular weight is 524 g/mol. The summed E-state index contributed by atoms with van der Waals surface area (Å²) in [4.78, 5) is 14.2. The molecule has 2 amide bonds. The number of nitrogens with one attached hydrogen (secondary N) is 1. The molecule has 194 valence electrons. The second-order valence-electron chi connectivity index (χ2n) is 9.73. The van der Waals surface area contributed by atoms with Crippen molar-refractivity contribution in [2.24, 2.45) is 0 Å². The maximum absolute atomic E-state index is 12.8. The van der Waals surface area contributed by atoms with Crippen LogP contribution in [0.3, 0.4) is 0 Å². The van der Waals surface area contributed by atoms with Crippen molar-refractivity contribution in [1.29, 1.82) is 0 Å². The normalized spacial score (nSPS) is 19.4. The van der Waals surface area contributed by atoms with Crippen molar-refractivity contribution in [2.75, 3.05) is 44.7 Å². The Morgan fingerprint density at radius 1 is 0.919 bits per heavy atom. The van der Waals surface area contributed by atoms with E-state index in [9.17, 15) is 13.2 Å². The van der Waals surface area contributed by atoms with Crippen LogP contribution in [0.15, 0.2) is 70.4 Å². The highest BCUT2D eigenvalue weighted by Gasteiger charge is 2.44. The molecule has 9 nitrogen and oxygen atoms in total. The zero-order valence-electron chi connectivity index (χ0n) is 20.4. The Bertz CT molecular complexity index is 1370. The molecular weight excluding hydrogens is 494 g/mol. The Kier molecular flexibility index (Phi) is 6.18. The lowest BCUT2D eigenvalue weighted by Crippen LogP contribution is -2.49. The van der Waals surface area contributed by atoms with Gasteiger partial charge in [-0.3, -0.25) is 0 Å². The molecule has 1 spiro atoms. The number of anilines is 1. The smallest absolute Gasteiger partial charge is 0.321 e. The van der Waals surface area contributed by atoms with E-state index in [2.05, 4.69) is 11.4 Å². The predicted octanol–water partition coefficient (Wildman–Crippen LogP) is 3.97. The highest BCUT2D eigenvalue weighted by molar-refractivity contribution is 7.89. The molecule has 2 aromatic carbocycles. The number of fused-ring (bicyclic) bond motifs is 1. The van der Waals surface area contributed by atoms with Crippen LogP contribution in [-0.4, -0.2) is 68.6 Å². The Morgan fingerprint density at radius 2 is 1.65 bits per heavy atom. The third kappa shape index (κ3) is 4.72. The summed E-state index contributed by atoms with van der Waals surface area (Å²) in [6.07, 6.45) is 3.36. The third-order valence-electron chi connectivity index (χ3n) is 7.39. The van der Waals surface area contributed by atoms with Gasteiger partial charge in [0, 0.05) is 51.1 Å². The van der Waals surface area contributed by atoms with E-state index in [1.807, 2.05) is 36.4 Å². The lowest BCUT2D eigenvalue weighted by atomic mass is 9.87. The number of ether oxygens (including phenoxy) is 2. The molecule has 6 rings (SSSR count). The molecule has 1 N–H and O–H groups in total. The zero-order valence-corrected chi connectivity index (χ0v) is 21.2. The first kappa shape index (κ1) is 24.0.